The van der Waals surface area contributed by atoms with Crippen LogP contribution in [0, 0.1) is 5.92 Å². The fourth-order valence-electron chi connectivity index (χ4n) is 1.68. The Morgan fingerprint density at radius 3 is 3.00 bits per heavy atom. The minimum atomic E-state index is -0.114. The molecule has 0 bridgehead atoms. The summed E-state index contributed by atoms with van der Waals surface area (Å²) in [5, 5.41) is 9.61. The van der Waals surface area contributed by atoms with Crippen LogP contribution in [0.5, 0.6) is 0 Å². The van der Waals surface area contributed by atoms with Crippen molar-refractivity contribution < 1.29 is 9.53 Å². The monoisotopic (exact) mass is 324 g/mol. The van der Waals surface area contributed by atoms with Gasteiger partial charge in [0.25, 0.3) is 5.91 Å². The molecule has 0 aliphatic rings. The molecule has 2 heterocycles. The largest absolute Gasteiger partial charge is 0.381 e. The second kappa shape index (κ2) is 8.26. The molecule has 6 heteroatoms. The highest BCUT2D eigenvalue weighted by Gasteiger charge is 2.11. The number of nitrogens with zero attached hydrogens (tertiary/aromatic N) is 1. The third kappa shape index (κ3) is 5.22. The molecule has 114 valence electrons. The molecule has 0 saturated heterocycles. The van der Waals surface area contributed by atoms with Crippen molar-refractivity contribution in [3.63, 3.8) is 0 Å². The van der Waals surface area contributed by atoms with E-state index in [0.29, 0.717) is 24.8 Å². The van der Waals surface area contributed by atoms with Crippen LogP contribution in [0.15, 0.2) is 22.2 Å². The number of thiazole rings is 1. The number of carbonyl (C=O) groups excluding carboxylic acids is 1. The van der Waals surface area contributed by atoms with Gasteiger partial charge in [-0.3, -0.25) is 4.79 Å². The van der Waals surface area contributed by atoms with E-state index in [2.05, 4.69) is 24.1 Å². The van der Waals surface area contributed by atoms with Crippen LogP contribution in [0.25, 0.3) is 10.6 Å². The van der Waals surface area contributed by atoms with Gasteiger partial charge >= 0.3 is 0 Å². The van der Waals surface area contributed by atoms with Gasteiger partial charge in [0.15, 0.2) is 0 Å². The van der Waals surface area contributed by atoms with Gasteiger partial charge in [-0.2, -0.15) is 11.3 Å². The van der Waals surface area contributed by atoms with Crippen molar-refractivity contribution in [1.29, 1.82) is 0 Å². The summed E-state index contributed by atoms with van der Waals surface area (Å²) < 4.78 is 5.47. The summed E-state index contributed by atoms with van der Waals surface area (Å²) in [6, 6.07) is 2.01. The highest BCUT2D eigenvalue weighted by molar-refractivity contribution is 7.14. The van der Waals surface area contributed by atoms with Gasteiger partial charge in [0.2, 0.25) is 0 Å². The van der Waals surface area contributed by atoms with E-state index in [1.165, 1.54) is 11.3 Å². The van der Waals surface area contributed by atoms with Crippen molar-refractivity contribution in [3.8, 4) is 10.6 Å². The molecule has 0 aromatic carbocycles. The number of carbonyl (C=O) groups is 1. The number of amides is 1. The molecule has 0 saturated carbocycles. The zero-order valence-corrected chi connectivity index (χ0v) is 13.9. The van der Waals surface area contributed by atoms with E-state index in [1.54, 1.807) is 16.7 Å². The number of hydrogen-bond acceptors (Lipinski definition) is 5. The highest BCUT2D eigenvalue weighted by Crippen LogP contribution is 2.25. The van der Waals surface area contributed by atoms with Crippen molar-refractivity contribution in [2.75, 3.05) is 19.8 Å². The fraction of sp³-hybridized carbons (Fsp3) is 0.467. The minimum absolute atomic E-state index is 0.114. The van der Waals surface area contributed by atoms with E-state index < -0.39 is 0 Å². The number of nitrogens with one attached hydrogen (secondary N) is 1. The molecule has 0 aliphatic carbocycles. The zero-order chi connectivity index (χ0) is 15.1. The SMILES string of the molecule is CC(C)COCCCNC(=O)c1csc(-c2ccsc2)n1. The standard InChI is InChI=1S/C15H20N2O2S2/c1-11(2)8-19-6-3-5-16-14(18)13-10-21-15(17-13)12-4-7-20-9-12/h4,7,9-11H,3,5-6,8H2,1-2H3,(H,16,18). The second-order valence-electron chi connectivity index (χ2n) is 5.13. The Hall–Kier alpha value is -1.24. The highest BCUT2D eigenvalue weighted by atomic mass is 32.1. The van der Waals surface area contributed by atoms with Crippen LogP contribution in [-0.2, 0) is 4.74 Å². The molecule has 0 aliphatic heterocycles. The first-order valence-corrected chi connectivity index (χ1v) is 8.83. The van der Waals surface area contributed by atoms with Crippen LogP contribution in [0.3, 0.4) is 0 Å². The van der Waals surface area contributed by atoms with Gasteiger partial charge < -0.3 is 10.1 Å². The molecule has 0 fully saturated rings. The average Bonchev–Trinajstić information content (AvgIpc) is 3.11. The number of thiophene rings is 1. The smallest absolute Gasteiger partial charge is 0.270 e. The van der Waals surface area contributed by atoms with Gasteiger partial charge in [-0.05, 0) is 23.8 Å². The van der Waals surface area contributed by atoms with Crippen LogP contribution < -0.4 is 5.32 Å². The summed E-state index contributed by atoms with van der Waals surface area (Å²) in [6.07, 6.45) is 0.819. The third-order valence-electron chi connectivity index (χ3n) is 2.71. The van der Waals surface area contributed by atoms with Crippen LogP contribution in [0.4, 0.5) is 0 Å². The van der Waals surface area contributed by atoms with E-state index in [1.807, 2.05) is 16.8 Å². The van der Waals surface area contributed by atoms with Gasteiger partial charge in [-0.15, -0.1) is 11.3 Å². The van der Waals surface area contributed by atoms with E-state index >= 15 is 0 Å². The molecule has 2 rings (SSSR count). The minimum Gasteiger partial charge on any atom is -0.381 e. The lowest BCUT2D eigenvalue weighted by Crippen LogP contribution is -2.25. The first-order chi connectivity index (χ1) is 10.2. The summed E-state index contributed by atoms with van der Waals surface area (Å²) in [6.45, 7) is 6.30. The molecule has 0 radical (unpaired) electrons. The molecule has 0 unspecified atom stereocenters. The molecule has 0 atom stereocenters. The third-order valence-corrected chi connectivity index (χ3v) is 4.28. The molecular weight excluding hydrogens is 304 g/mol. The van der Waals surface area contributed by atoms with E-state index in [0.717, 1.165) is 23.6 Å². The van der Waals surface area contributed by atoms with Gasteiger partial charge in [-0.1, -0.05) is 13.8 Å². The van der Waals surface area contributed by atoms with Gasteiger partial charge in [0.1, 0.15) is 10.7 Å². The Balaban J connectivity index is 1.71. The first kappa shape index (κ1) is 16.1. The Morgan fingerprint density at radius 2 is 2.29 bits per heavy atom. The van der Waals surface area contributed by atoms with Crippen LogP contribution in [-0.4, -0.2) is 30.6 Å². The Kier molecular flexibility index (Phi) is 6.35. The Labute approximate surface area is 133 Å². The predicted molar refractivity (Wildman–Crippen MR) is 88.0 cm³/mol. The molecule has 21 heavy (non-hydrogen) atoms. The summed E-state index contributed by atoms with van der Waals surface area (Å²) in [4.78, 5) is 16.3. The predicted octanol–water partition coefficient (Wildman–Crippen LogP) is 3.66. The summed E-state index contributed by atoms with van der Waals surface area (Å²) in [7, 11) is 0. The Morgan fingerprint density at radius 1 is 1.43 bits per heavy atom. The average molecular weight is 324 g/mol. The maximum atomic E-state index is 12.0. The molecule has 0 spiro atoms. The van der Waals surface area contributed by atoms with Crippen LogP contribution in [0.2, 0.25) is 0 Å². The van der Waals surface area contributed by atoms with Crippen LogP contribution >= 0.6 is 22.7 Å². The second-order valence-corrected chi connectivity index (χ2v) is 6.77. The topological polar surface area (TPSA) is 51.2 Å². The van der Waals surface area contributed by atoms with Crippen molar-refractivity contribution in [3.05, 3.63) is 27.9 Å². The van der Waals surface area contributed by atoms with E-state index in [-0.39, 0.29) is 5.91 Å². The molecule has 2 aromatic rings. The summed E-state index contributed by atoms with van der Waals surface area (Å²) >= 11 is 3.12. The van der Waals surface area contributed by atoms with Crippen molar-refractivity contribution in [2.45, 2.75) is 20.3 Å². The van der Waals surface area contributed by atoms with Gasteiger partial charge in [0.05, 0.1) is 0 Å². The lowest BCUT2D eigenvalue weighted by molar-refractivity contribution is 0.0921. The van der Waals surface area contributed by atoms with Crippen molar-refractivity contribution in [1.82, 2.24) is 10.3 Å². The quantitative estimate of drug-likeness (QED) is 0.754. The summed E-state index contributed by atoms with van der Waals surface area (Å²) in [5.74, 6) is 0.432. The van der Waals surface area contributed by atoms with E-state index in [4.69, 9.17) is 4.74 Å². The van der Waals surface area contributed by atoms with Gasteiger partial charge in [-0.25, -0.2) is 4.98 Å². The molecule has 1 amide bonds. The van der Waals surface area contributed by atoms with Crippen LogP contribution in [0.1, 0.15) is 30.8 Å². The summed E-state index contributed by atoms with van der Waals surface area (Å²) in [5.41, 5.74) is 1.57. The lowest BCUT2D eigenvalue weighted by atomic mass is 10.2. The fourth-order valence-corrected chi connectivity index (χ4v) is 3.19. The normalized spacial score (nSPS) is 11.0. The molecular formula is C15H20N2O2S2. The van der Waals surface area contributed by atoms with Crippen molar-refractivity contribution in [2.24, 2.45) is 5.92 Å². The molecule has 2 aromatic heterocycles. The molecule has 4 nitrogen and oxygen atoms in total. The first-order valence-electron chi connectivity index (χ1n) is 7.01. The maximum absolute atomic E-state index is 12.0. The zero-order valence-electron chi connectivity index (χ0n) is 12.3. The van der Waals surface area contributed by atoms with Gasteiger partial charge in [0, 0.05) is 36.1 Å². The Bertz CT molecular complexity index is 550. The molecule has 1 N–H and O–H groups in total. The number of rotatable bonds is 8. The number of ether oxygens (including phenoxy) is 1. The van der Waals surface area contributed by atoms with Crippen molar-refractivity contribution >= 4 is 28.6 Å². The van der Waals surface area contributed by atoms with E-state index in [9.17, 15) is 4.79 Å². The number of hydrogen-bond donors (Lipinski definition) is 1. The maximum Gasteiger partial charge on any atom is 0.270 e. The number of aromatic nitrogens is 1. The lowest BCUT2D eigenvalue weighted by Gasteiger charge is -2.07.